The quantitative estimate of drug-likeness (QED) is 0.610. The number of aliphatic hydroxyl groups excluding tert-OH is 1. The van der Waals surface area contributed by atoms with Crippen molar-refractivity contribution in [1.82, 2.24) is 5.48 Å². The van der Waals surface area contributed by atoms with Gasteiger partial charge < -0.3 is 9.84 Å². The number of rotatable bonds is 3. The fourth-order valence-electron chi connectivity index (χ4n) is 1.01. The molecule has 1 heterocycles. The van der Waals surface area contributed by atoms with Crippen LogP contribution in [-0.4, -0.2) is 30.0 Å². The standard InChI is InChI=1S/C8H15NO4/c1-6(10)8(11)9-13-7-4-2-3-5-12-7/h6-7,10H,2-5H2,1H3,(H,9,11)/t6-,7?/m0/s1. The van der Waals surface area contributed by atoms with E-state index in [2.05, 4.69) is 5.48 Å². The Hall–Kier alpha value is -0.650. The summed E-state index contributed by atoms with van der Waals surface area (Å²) in [5.74, 6) is -0.547. The highest BCUT2D eigenvalue weighted by Gasteiger charge is 2.16. The lowest BCUT2D eigenvalue weighted by Gasteiger charge is -2.22. The van der Waals surface area contributed by atoms with E-state index in [-0.39, 0.29) is 6.29 Å². The first kappa shape index (κ1) is 10.4. The summed E-state index contributed by atoms with van der Waals surface area (Å²) in [5, 5.41) is 8.82. The molecule has 0 radical (unpaired) electrons. The second-order valence-corrected chi connectivity index (χ2v) is 3.06. The predicted molar refractivity (Wildman–Crippen MR) is 44.5 cm³/mol. The highest BCUT2D eigenvalue weighted by atomic mass is 16.8. The topological polar surface area (TPSA) is 67.8 Å². The normalized spacial score (nSPS) is 25.2. The Morgan fingerprint density at radius 3 is 3.00 bits per heavy atom. The lowest BCUT2D eigenvalue weighted by Crippen LogP contribution is -2.37. The maximum Gasteiger partial charge on any atom is 0.272 e. The van der Waals surface area contributed by atoms with Gasteiger partial charge in [0, 0.05) is 13.0 Å². The summed E-state index contributed by atoms with van der Waals surface area (Å²) in [6, 6.07) is 0. The van der Waals surface area contributed by atoms with Crippen LogP contribution in [0.1, 0.15) is 26.2 Å². The van der Waals surface area contributed by atoms with Gasteiger partial charge in [-0.05, 0) is 19.8 Å². The molecule has 0 bridgehead atoms. The van der Waals surface area contributed by atoms with Crippen LogP contribution in [0.2, 0.25) is 0 Å². The van der Waals surface area contributed by atoms with Gasteiger partial charge >= 0.3 is 0 Å². The molecular formula is C8H15NO4. The van der Waals surface area contributed by atoms with Gasteiger partial charge in [-0.3, -0.25) is 4.79 Å². The number of amides is 1. The zero-order chi connectivity index (χ0) is 9.68. The number of nitrogens with one attached hydrogen (secondary N) is 1. The zero-order valence-corrected chi connectivity index (χ0v) is 7.66. The molecule has 1 rings (SSSR count). The number of ether oxygens (including phenoxy) is 1. The molecule has 2 N–H and O–H groups in total. The van der Waals surface area contributed by atoms with Gasteiger partial charge in [0.05, 0.1) is 0 Å². The van der Waals surface area contributed by atoms with E-state index in [1.54, 1.807) is 0 Å². The Labute approximate surface area is 77.0 Å². The number of aliphatic hydroxyl groups is 1. The van der Waals surface area contributed by atoms with Crippen LogP contribution in [0.5, 0.6) is 0 Å². The van der Waals surface area contributed by atoms with Crippen LogP contribution < -0.4 is 5.48 Å². The fourth-order valence-corrected chi connectivity index (χ4v) is 1.01. The third kappa shape index (κ3) is 3.71. The highest BCUT2D eigenvalue weighted by molar-refractivity contribution is 5.78. The van der Waals surface area contributed by atoms with Gasteiger partial charge in [0.2, 0.25) is 0 Å². The summed E-state index contributed by atoms with van der Waals surface area (Å²) in [4.78, 5) is 15.8. The molecule has 0 aromatic rings. The first-order valence-corrected chi connectivity index (χ1v) is 4.45. The molecule has 0 aromatic carbocycles. The van der Waals surface area contributed by atoms with Crippen molar-refractivity contribution in [2.24, 2.45) is 0 Å². The Balaban J connectivity index is 2.13. The van der Waals surface area contributed by atoms with Crippen molar-refractivity contribution in [3.05, 3.63) is 0 Å². The van der Waals surface area contributed by atoms with Gasteiger partial charge in [0.15, 0.2) is 6.29 Å². The molecule has 0 aliphatic carbocycles. The summed E-state index contributed by atoms with van der Waals surface area (Å²) in [5.41, 5.74) is 2.14. The third-order valence-electron chi connectivity index (χ3n) is 1.81. The van der Waals surface area contributed by atoms with Crippen molar-refractivity contribution < 1.29 is 19.5 Å². The van der Waals surface area contributed by atoms with E-state index in [0.717, 1.165) is 19.3 Å². The number of hydrogen-bond acceptors (Lipinski definition) is 4. The molecule has 0 saturated carbocycles. The van der Waals surface area contributed by atoms with Crippen LogP contribution in [0.15, 0.2) is 0 Å². The zero-order valence-electron chi connectivity index (χ0n) is 7.66. The van der Waals surface area contributed by atoms with Gasteiger partial charge in [0.1, 0.15) is 6.10 Å². The highest BCUT2D eigenvalue weighted by Crippen LogP contribution is 2.12. The minimum atomic E-state index is -1.05. The maximum atomic E-state index is 10.8. The largest absolute Gasteiger partial charge is 0.383 e. The molecule has 0 spiro atoms. The SMILES string of the molecule is C[C@H](O)C(=O)NOC1CCCCO1. The van der Waals surface area contributed by atoms with Gasteiger partial charge in [-0.2, -0.15) is 0 Å². The molecule has 1 unspecified atom stereocenters. The van der Waals surface area contributed by atoms with E-state index in [0.29, 0.717) is 6.61 Å². The number of hydrogen-bond donors (Lipinski definition) is 2. The third-order valence-corrected chi connectivity index (χ3v) is 1.81. The lowest BCUT2D eigenvalue weighted by atomic mass is 10.2. The first-order chi connectivity index (χ1) is 6.20. The lowest BCUT2D eigenvalue weighted by molar-refractivity contribution is -0.203. The van der Waals surface area contributed by atoms with Crippen LogP contribution in [0.3, 0.4) is 0 Å². The van der Waals surface area contributed by atoms with Crippen molar-refractivity contribution in [2.45, 2.75) is 38.6 Å². The van der Waals surface area contributed by atoms with Crippen LogP contribution in [0.25, 0.3) is 0 Å². The summed E-state index contributed by atoms with van der Waals surface area (Å²) in [6.45, 7) is 2.04. The first-order valence-electron chi connectivity index (χ1n) is 4.45. The Morgan fingerprint density at radius 2 is 2.46 bits per heavy atom. The van der Waals surface area contributed by atoms with Gasteiger partial charge in [-0.25, -0.2) is 10.3 Å². The molecule has 5 nitrogen and oxygen atoms in total. The maximum absolute atomic E-state index is 10.8. The minimum Gasteiger partial charge on any atom is -0.383 e. The van der Waals surface area contributed by atoms with Crippen LogP contribution >= 0.6 is 0 Å². The summed E-state index contributed by atoms with van der Waals surface area (Å²) in [6.07, 6.45) is 1.43. The monoisotopic (exact) mass is 189 g/mol. The number of carbonyl (C=O) groups excluding carboxylic acids is 1. The Kier molecular flexibility index (Phi) is 4.14. The Morgan fingerprint density at radius 1 is 1.69 bits per heavy atom. The van der Waals surface area contributed by atoms with Gasteiger partial charge in [-0.15, -0.1) is 0 Å². The molecular weight excluding hydrogens is 174 g/mol. The summed E-state index contributed by atoms with van der Waals surface area (Å²) in [7, 11) is 0. The number of hydroxylamine groups is 1. The average Bonchev–Trinajstić information content (AvgIpc) is 2.15. The second kappa shape index (κ2) is 5.16. The van der Waals surface area contributed by atoms with Crippen molar-refractivity contribution in [3.8, 4) is 0 Å². The van der Waals surface area contributed by atoms with E-state index in [1.807, 2.05) is 0 Å². The molecule has 1 aliphatic heterocycles. The van der Waals surface area contributed by atoms with Crippen molar-refractivity contribution in [1.29, 1.82) is 0 Å². The average molecular weight is 189 g/mol. The molecule has 1 aliphatic rings. The summed E-state index contributed by atoms with van der Waals surface area (Å²) < 4.78 is 5.19. The fraction of sp³-hybridized carbons (Fsp3) is 0.875. The Bertz CT molecular complexity index is 166. The second-order valence-electron chi connectivity index (χ2n) is 3.06. The molecule has 5 heteroatoms. The molecule has 13 heavy (non-hydrogen) atoms. The van der Waals surface area contributed by atoms with E-state index in [4.69, 9.17) is 14.7 Å². The van der Waals surface area contributed by atoms with Crippen molar-refractivity contribution in [3.63, 3.8) is 0 Å². The summed E-state index contributed by atoms with van der Waals surface area (Å²) >= 11 is 0. The predicted octanol–water partition coefficient (Wildman–Crippen LogP) is -0.0584. The van der Waals surface area contributed by atoms with Gasteiger partial charge in [-0.1, -0.05) is 0 Å². The molecule has 1 saturated heterocycles. The van der Waals surface area contributed by atoms with Gasteiger partial charge in [0.25, 0.3) is 5.91 Å². The van der Waals surface area contributed by atoms with Crippen molar-refractivity contribution in [2.75, 3.05) is 6.61 Å². The minimum absolute atomic E-state index is 0.364. The molecule has 0 aromatic heterocycles. The van der Waals surface area contributed by atoms with E-state index in [9.17, 15) is 4.79 Å². The number of carbonyl (C=O) groups is 1. The molecule has 1 amide bonds. The molecule has 2 atom stereocenters. The molecule has 1 fully saturated rings. The van der Waals surface area contributed by atoms with E-state index in [1.165, 1.54) is 6.92 Å². The van der Waals surface area contributed by atoms with Crippen molar-refractivity contribution >= 4 is 5.91 Å². The van der Waals surface area contributed by atoms with Crippen LogP contribution in [0, 0.1) is 0 Å². The van der Waals surface area contributed by atoms with Crippen LogP contribution in [-0.2, 0) is 14.4 Å². The molecule has 76 valence electrons. The van der Waals surface area contributed by atoms with E-state index >= 15 is 0 Å². The van der Waals surface area contributed by atoms with Crippen LogP contribution in [0.4, 0.5) is 0 Å². The van der Waals surface area contributed by atoms with E-state index < -0.39 is 12.0 Å². The smallest absolute Gasteiger partial charge is 0.272 e.